The molecule has 0 spiro atoms. The Labute approximate surface area is 274 Å². The van der Waals surface area contributed by atoms with Gasteiger partial charge in [0.2, 0.25) is 17.7 Å². The number of nitrogens with one attached hydrogen (secondary N) is 1. The van der Waals surface area contributed by atoms with E-state index in [0.717, 1.165) is 29.8 Å². The third-order valence-electron chi connectivity index (χ3n) is 9.24. The number of nitrogens with zero attached hydrogens (tertiary/aromatic N) is 3. The number of methoxy groups -OCH3 is 2. The van der Waals surface area contributed by atoms with Crippen LogP contribution in [-0.4, -0.2) is 84.6 Å². The summed E-state index contributed by atoms with van der Waals surface area (Å²) in [5.41, 5.74) is 1.11. The van der Waals surface area contributed by atoms with Crippen LogP contribution in [0.2, 0.25) is 0 Å². The number of carbonyl (C=O) groups is 3. The first-order valence-corrected chi connectivity index (χ1v) is 17.2. The second-order valence-electron chi connectivity index (χ2n) is 12.9. The van der Waals surface area contributed by atoms with Gasteiger partial charge in [-0.15, -0.1) is 11.3 Å². The van der Waals surface area contributed by atoms with Crippen molar-refractivity contribution in [2.75, 3.05) is 27.8 Å². The molecular weight excluding hydrogens is 588 g/mol. The summed E-state index contributed by atoms with van der Waals surface area (Å²) in [7, 11) is 5.06. The highest BCUT2D eigenvalue weighted by Crippen LogP contribution is 2.30. The van der Waals surface area contributed by atoms with Crippen molar-refractivity contribution in [3.05, 3.63) is 52.5 Å². The van der Waals surface area contributed by atoms with Crippen molar-refractivity contribution in [3.63, 3.8) is 0 Å². The molecular formula is C35H54N4O5S. The van der Waals surface area contributed by atoms with E-state index in [1.165, 1.54) is 11.3 Å². The van der Waals surface area contributed by atoms with Crippen LogP contribution in [0.1, 0.15) is 83.3 Å². The third kappa shape index (κ3) is 9.83. The van der Waals surface area contributed by atoms with Gasteiger partial charge in [0, 0.05) is 45.8 Å². The van der Waals surface area contributed by atoms with Crippen molar-refractivity contribution in [2.45, 2.75) is 103 Å². The van der Waals surface area contributed by atoms with E-state index >= 15 is 0 Å². The molecule has 6 unspecified atom stereocenters. The second-order valence-corrected chi connectivity index (χ2v) is 13.8. The van der Waals surface area contributed by atoms with Gasteiger partial charge in [0.1, 0.15) is 5.01 Å². The molecule has 1 saturated heterocycles. The van der Waals surface area contributed by atoms with E-state index in [1.807, 2.05) is 68.4 Å². The molecule has 2 aromatic rings. The minimum Gasteiger partial charge on any atom is -0.379 e. The van der Waals surface area contributed by atoms with Crippen LogP contribution >= 0.6 is 11.3 Å². The molecule has 250 valence electrons. The third-order valence-corrected chi connectivity index (χ3v) is 10.1. The smallest absolute Gasteiger partial charge is 0.226 e. The number of hydrogen-bond donors (Lipinski definition) is 1. The molecule has 0 radical (unpaired) electrons. The van der Waals surface area contributed by atoms with E-state index in [2.05, 4.69) is 24.1 Å². The molecule has 45 heavy (non-hydrogen) atoms. The van der Waals surface area contributed by atoms with Crippen molar-refractivity contribution in [2.24, 2.45) is 17.8 Å². The summed E-state index contributed by atoms with van der Waals surface area (Å²) in [6.45, 7) is 10.7. The lowest BCUT2D eigenvalue weighted by molar-refractivity contribution is -0.146. The van der Waals surface area contributed by atoms with Gasteiger partial charge in [-0.1, -0.05) is 71.4 Å². The molecule has 2 heterocycles. The summed E-state index contributed by atoms with van der Waals surface area (Å²) < 4.78 is 11.9. The van der Waals surface area contributed by atoms with Crippen LogP contribution in [0.5, 0.6) is 0 Å². The molecule has 1 fully saturated rings. The Balaban J connectivity index is 1.74. The molecule has 7 atom stereocenters. The van der Waals surface area contributed by atoms with Gasteiger partial charge < -0.3 is 24.6 Å². The van der Waals surface area contributed by atoms with Crippen molar-refractivity contribution in [1.82, 2.24) is 20.1 Å². The number of thiazole rings is 1. The number of likely N-dealkylation sites (tertiary alicyclic amines) is 1. The number of ether oxygens (including phenoxy) is 2. The Bertz CT molecular complexity index is 1190. The number of rotatable bonds is 17. The number of amides is 3. The summed E-state index contributed by atoms with van der Waals surface area (Å²) in [4.78, 5) is 48.9. The molecule has 1 aromatic carbocycles. The average Bonchev–Trinajstić information content (AvgIpc) is 3.74. The van der Waals surface area contributed by atoms with E-state index in [9.17, 15) is 14.4 Å². The van der Waals surface area contributed by atoms with E-state index in [-0.39, 0.29) is 54.1 Å². The number of hydrogen-bond acceptors (Lipinski definition) is 7. The summed E-state index contributed by atoms with van der Waals surface area (Å²) >= 11 is 1.52. The molecule has 10 heteroatoms. The standard InChI is InChI=1S/C35H54N4O5S/c1-9-24(4)32(38(6)30(40)20-23(2)3)29(43-7)22-31(41)39-18-13-16-28(39)33(44-8)25(5)34(42)37-27(35-36-17-19-45-35)21-26-14-11-10-12-15-26/h10-12,14-15,17,19,23-25,27-29,32-33H,9,13,16,18,20-22H2,1-8H3,(H,37,42)/t24-,25?,27?,28?,29?,32?,33?/m0/s1. The maximum Gasteiger partial charge on any atom is 0.226 e. The highest BCUT2D eigenvalue weighted by atomic mass is 32.1. The predicted octanol–water partition coefficient (Wildman–Crippen LogP) is 5.51. The van der Waals surface area contributed by atoms with Gasteiger partial charge in [0.25, 0.3) is 0 Å². The minimum atomic E-state index is -0.502. The van der Waals surface area contributed by atoms with Crippen LogP contribution in [0.3, 0.4) is 0 Å². The number of benzene rings is 1. The molecule has 3 amide bonds. The Hall–Kier alpha value is -2.82. The molecule has 0 bridgehead atoms. The minimum absolute atomic E-state index is 0.0400. The number of aromatic nitrogens is 1. The average molecular weight is 643 g/mol. The van der Waals surface area contributed by atoms with Gasteiger partial charge in [0.05, 0.1) is 42.7 Å². The summed E-state index contributed by atoms with van der Waals surface area (Å²) in [5, 5.41) is 6.00. The fourth-order valence-corrected chi connectivity index (χ4v) is 7.27. The zero-order valence-corrected chi connectivity index (χ0v) is 29.2. The quantitative estimate of drug-likeness (QED) is 0.244. The summed E-state index contributed by atoms with van der Waals surface area (Å²) in [5.74, 6) is -0.221. The lowest BCUT2D eigenvalue weighted by Crippen LogP contribution is -2.53. The van der Waals surface area contributed by atoms with Crippen LogP contribution in [0.25, 0.3) is 0 Å². The van der Waals surface area contributed by atoms with Crippen LogP contribution in [0.4, 0.5) is 0 Å². The van der Waals surface area contributed by atoms with Crippen molar-refractivity contribution >= 4 is 29.1 Å². The first-order chi connectivity index (χ1) is 21.5. The van der Waals surface area contributed by atoms with E-state index in [0.29, 0.717) is 19.4 Å². The van der Waals surface area contributed by atoms with Crippen molar-refractivity contribution in [1.29, 1.82) is 0 Å². The van der Waals surface area contributed by atoms with E-state index < -0.39 is 18.1 Å². The molecule has 1 aromatic heterocycles. The first kappa shape index (κ1) is 36.6. The maximum absolute atomic E-state index is 13.9. The van der Waals surface area contributed by atoms with Crippen LogP contribution in [0.15, 0.2) is 41.9 Å². The topological polar surface area (TPSA) is 101 Å². The van der Waals surface area contributed by atoms with Gasteiger partial charge in [-0.05, 0) is 36.7 Å². The highest BCUT2D eigenvalue weighted by molar-refractivity contribution is 7.09. The van der Waals surface area contributed by atoms with Crippen molar-refractivity contribution in [3.8, 4) is 0 Å². The Kier molecular flexibility index (Phi) is 14.5. The highest BCUT2D eigenvalue weighted by Gasteiger charge is 2.42. The van der Waals surface area contributed by atoms with Crippen LogP contribution in [-0.2, 0) is 30.3 Å². The monoisotopic (exact) mass is 642 g/mol. The number of carbonyl (C=O) groups excluding carboxylic acids is 3. The molecule has 3 rings (SSSR count). The van der Waals surface area contributed by atoms with Crippen molar-refractivity contribution < 1.29 is 23.9 Å². The molecule has 0 aliphatic carbocycles. The predicted molar refractivity (Wildman–Crippen MR) is 179 cm³/mol. The largest absolute Gasteiger partial charge is 0.379 e. The van der Waals surface area contributed by atoms with Gasteiger partial charge in [-0.3, -0.25) is 14.4 Å². The van der Waals surface area contributed by atoms with Crippen LogP contribution in [0, 0.1) is 17.8 Å². The second kappa shape index (κ2) is 17.8. The fraction of sp³-hybridized carbons (Fsp3) is 0.657. The fourth-order valence-electron chi connectivity index (χ4n) is 6.58. The van der Waals surface area contributed by atoms with Gasteiger partial charge in [0.15, 0.2) is 0 Å². The summed E-state index contributed by atoms with van der Waals surface area (Å²) in [6.07, 6.45) is 4.50. The van der Waals surface area contributed by atoms with Gasteiger partial charge in [-0.2, -0.15) is 0 Å². The lowest BCUT2D eigenvalue weighted by atomic mass is 9.90. The van der Waals surface area contributed by atoms with Crippen LogP contribution < -0.4 is 5.32 Å². The molecule has 1 aliphatic heterocycles. The zero-order chi connectivity index (χ0) is 33.1. The van der Waals surface area contributed by atoms with E-state index in [4.69, 9.17) is 9.47 Å². The Morgan fingerprint density at radius 3 is 2.38 bits per heavy atom. The SMILES string of the molecule is CC[C@H](C)C(C(CC(=O)N1CCCC1C(OC)C(C)C(=O)NC(Cc1ccccc1)c1nccs1)OC)N(C)C(=O)CC(C)C. The Morgan fingerprint density at radius 1 is 1.09 bits per heavy atom. The molecule has 9 nitrogen and oxygen atoms in total. The maximum atomic E-state index is 13.9. The van der Waals surface area contributed by atoms with Gasteiger partial charge >= 0.3 is 0 Å². The molecule has 0 saturated carbocycles. The van der Waals surface area contributed by atoms with E-state index in [1.54, 1.807) is 25.3 Å². The normalized spacial score (nSPS) is 19.0. The molecule has 1 aliphatic rings. The summed E-state index contributed by atoms with van der Waals surface area (Å²) in [6, 6.07) is 9.32. The zero-order valence-electron chi connectivity index (χ0n) is 28.4. The Morgan fingerprint density at radius 2 is 1.80 bits per heavy atom. The first-order valence-electron chi connectivity index (χ1n) is 16.4. The molecule has 1 N–H and O–H groups in total. The lowest BCUT2D eigenvalue weighted by Gasteiger charge is -2.39. The number of likely N-dealkylation sites (N-methyl/N-ethyl adjacent to an activating group) is 1. The van der Waals surface area contributed by atoms with Gasteiger partial charge in [-0.25, -0.2) is 4.98 Å².